The van der Waals surface area contributed by atoms with Crippen LogP contribution in [-0.4, -0.2) is 36.4 Å². The van der Waals surface area contributed by atoms with Gasteiger partial charge in [0, 0.05) is 23.3 Å². The lowest BCUT2D eigenvalue weighted by Gasteiger charge is -2.36. The number of aliphatic hydroxyl groups is 1. The van der Waals surface area contributed by atoms with Crippen molar-refractivity contribution in [2.24, 2.45) is 0 Å². The van der Waals surface area contributed by atoms with Crippen LogP contribution in [0.4, 0.5) is 0 Å². The number of hydrogen-bond donors (Lipinski definition) is 2. The molecule has 1 aromatic carbocycles. The van der Waals surface area contributed by atoms with Crippen LogP contribution in [0, 0.1) is 0 Å². The molecule has 1 aromatic heterocycles. The molecular weight excluding hydrogens is 310 g/mol. The number of halogens is 1. The average Bonchev–Trinajstić information content (AvgIpc) is 2.86. The van der Waals surface area contributed by atoms with Crippen LogP contribution in [0.1, 0.15) is 22.5 Å². The van der Waals surface area contributed by atoms with Crippen molar-refractivity contribution in [3.63, 3.8) is 0 Å². The molecule has 2 aromatic rings. The largest absolute Gasteiger partial charge is 0.394 e. The van der Waals surface area contributed by atoms with Gasteiger partial charge in [-0.15, -0.1) is 11.3 Å². The van der Waals surface area contributed by atoms with E-state index in [0.717, 1.165) is 10.1 Å². The predicted molar refractivity (Wildman–Crippen MR) is 84.2 cm³/mol. The minimum absolute atomic E-state index is 0.0926. The maximum Gasteiger partial charge on any atom is 0.263 e. The smallest absolute Gasteiger partial charge is 0.263 e. The van der Waals surface area contributed by atoms with Crippen LogP contribution < -0.4 is 5.32 Å². The summed E-state index contributed by atoms with van der Waals surface area (Å²) in [5, 5.41) is 14.0. The zero-order valence-electron chi connectivity index (χ0n) is 11.4. The van der Waals surface area contributed by atoms with Crippen LogP contribution in [0.25, 0.3) is 10.1 Å². The van der Waals surface area contributed by atoms with Gasteiger partial charge in [0.05, 0.1) is 17.2 Å². The van der Waals surface area contributed by atoms with Crippen LogP contribution in [0.15, 0.2) is 24.3 Å². The van der Waals surface area contributed by atoms with E-state index in [2.05, 4.69) is 5.32 Å². The third-order valence-corrected chi connectivity index (χ3v) is 5.55. The van der Waals surface area contributed by atoms with Gasteiger partial charge in [-0.1, -0.05) is 29.8 Å². The number of fused-ring (bicyclic) bond motifs is 1. The molecule has 2 heterocycles. The number of rotatable bonds is 3. The van der Waals surface area contributed by atoms with E-state index in [-0.39, 0.29) is 12.5 Å². The van der Waals surface area contributed by atoms with Gasteiger partial charge in [0.25, 0.3) is 5.91 Å². The minimum atomic E-state index is -0.602. The Morgan fingerprint density at radius 2 is 2.10 bits per heavy atom. The normalized spacial score (nSPS) is 17.8. The zero-order valence-corrected chi connectivity index (χ0v) is 13.0. The van der Waals surface area contributed by atoms with Gasteiger partial charge >= 0.3 is 0 Å². The van der Waals surface area contributed by atoms with E-state index in [1.54, 1.807) is 0 Å². The van der Waals surface area contributed by atoms with Crippen LogP contribution in [0.3, 0.4) is 0 Å². The van der Waals surface area contributed by atoms with Crippen molar-refractivity contribution in [3.8, 4) is 0 Å². The Balaban J connectivity index is 1.88. The number of carbonyl (C=O) groups is 1. The first-order valence-electron chi connectivity index (χ1n) is 6.83. The van der Waals surface area contributed by atoms with E-state index in [9.17, 15) is 9.90 Å². The highest BCUT2D eigenvalue weighted by Gasteiger charge is 2.34. The number of benzene rings is 1. The third-order valence-electron chi connectivity index (χ3n) is 3.87. The van der Waals surface area contributed by atoms with Crippen molar-refractivity contribution in [2.45, 2.75) is 18.4 Å². The average molecular weight is 326 g/mol. The quantitative estimate of drug-likeness (QED) is 0.912. The molecule has 0 aliphatic carbocycles. The Labute approximate surface area is 131 Å². The number of hydrogen-bond acceptors (Lipinski definition) is 4. The SMILES string of the molecule is O=C(NC1(CO)CCOCC1)c1sc2ccccc2c1Cl. The first-order chi connectivity index (χ1) is 10.2. The van der Waals surface area contributed by atoms with Gasteiger partial charge in [-0.2, -0.15) is 0 Å². The molecule has 6 heteroatoms. The van der Waals surface area contributed by atoms with Gasteiger partial charge in [0.2, 0.25) is 0 Å². The lowest BCUT2D eigenvalue weighted by atomic mass is 9.91. The van der Waals surface area contributed by atoms with Crippen LogP contribution in [0.2, 0.25) is 5.02 Å². The Kier molecular flexibility index (Phi) is 4.17. The first kappa shape index (κ1) is 14.8. The molecule has 0 spiro atoms. The second-order valence-corrected chi connectivity index (χ2v) is 6.68. The number of ether oxygens (including phenoxy) is 1. The highest BCUT2D eigenvalue weighted by molar-refractivity contribution is 7.21. The highest BCUT2D eigenvalue weighted by atomic mass is 35.5. The molecule has 112 valence electrons. The molecule has 4 nitrogen and oxygen atoms in total. The van der Waals surface area contributed by atoms with E-state index in [1.165, 1.54) is 11.3 Å². The zero-order chi connectivity index (χ0) is 14.9. The molecule has 0 unspecified atom stereocenters. The monoisotopic (exact) mass is 325 g/mol. The van der Waals surface area contributed by atoms with Gasteiger partial charge in [-0.3, -0.25) is 4.79 Å². The van der Waals surface area contributed by atoms with E-state index in [0.29, 0.717) is 36.0 Å². The van der Waals surface area contributed by atoms with Crippen molar-refractivity contribution in [2.75, 3.05) is 19.8 Å². The molecule has 0 saturated carbocycles. The van der Waals surface area contributed by atoms with Gasteiger partial charge in [-0.25, -0.2) is 0 Å². The summed E-state index contributed by atoms with van der Waals surface area (Å²) >= 11 is 7.69. The van der Waals surface area contributed by atoms with Crippen LogP contribution in [-0.2, 0) is 4.74 Å². The summed E-state index contributed by atoms with van der Waals surface area (Å²) in [6.07, 6.45) is 1.22. The summed E-state index contributed by atoms with van der Waals surface area (Å²) in [6.45, 7) is 0.993. The Bertz CT molecular complexity index is 664. The molecular formula is C15H16ClNO3S. The summed E-state index contributed by atoms with van der Waals surface area (Å²) in [5.74, 6) is -0.225. The summed E-state index contributed by atoms with van der Waals surface area (Å²) in [5.41, 5.74) is -0.602. The number of thiophene rings is 1. The van der Waals surface area contributed by atoms with E-state index in [1.807, 2.05) is 24.3 Å². The summed E-state index contributed by atoms with van der Waals surface area (Å²) in [6, 6.07) is 7.67. The first-order valence-corrected chi connectivity index (χ1v) is 8.03. The maximum absolute atomic E-state index is 12.5. The summed E-state index contributed by atoms with van der Waals surface area (Å²) in [7, 11) is 0. The second-order valence-electron chi connectivity index (χ2n) is 5.25. The molecule has 1 fully saturated rings. The van der Waals surface area contributed by atoms with Gasteiger partial charge in [0.1, 0.15) is 4.88 Å². The van der Waals surface area contributed by atoms with E-state index in [4.69, 9.17) is 16.3 Å². The van der Waals surface area contributed by atoms with Crippen LogP contribution >= 0.6 is 22.9 Å². The summed E-state index contributed by atoms with van der Waals surface area (Å²) < 4.78 is 6.28. The molecule has 0 bridgehead atoms. The van der Waals surface area contributed by atoms with Crippen LogP contribution in [0.5, 0.6) is 0 Å². The molecule has 1 aliphatic heterocycles. The van der Waals surface area contributed by atoms with Crippen molar-refractivity contribution in [1.82, 2.24) is 5.32 Å². The molecule has 1 amide bonds. The van der Waals surface area contributed by atoms with Crippen molar-refractivity contribution < 1.29 is 14.6 Å². The minimum Gasteiger partial charge on any atom is -0.394 e. The maximum atomic E-state index is 12.5. The Morgan fingerprint density at radius 1 is 1.38 bits per heavy atom. The Morgan fingerprint density at radius 3 is 2.76 bits per heavy atom. The molecule has 2 N–H and O–H groups in total. The van der Waals surface area contributed by atoms with Crippen molar-refractivity contribution in [1.29, 1.82) is 0 Å². The van der Waals surface area contributed by atoms with Crippen molar-refractivity contribution >= 4 is 38.9 Å². The summed E-state index contributed by atoms with van der Waals surface area (Å²) in [4.78, 5) is 13.0. The molecule has 1 aliphatic rings. The van der Waals surface area contributed by atoms with E-state index < -0.39 is 5.54 Å². The Hall–Kier alpha value is -1.14. The molecule has 1 saturated heterocycles. The van der Waals surface area contributed by atoms with E-state index >= 15 is 0 Å². The van der Waals surface area contributed by atoms with Gasteiger partial charge in [-0.05, 0) is 18.9 Å². The number of carbonyl (C=O) groups excluding carboxylic acids is 1. The lowest BCUT2D eigenvalue weighted by Crippen LogP contribution is -2.54. The predicted octanol–water partition coefficient (Wildman–Crippen LogP) is 2.83. The fourth-order valence-electron chi connectivity index (χ4n) is 2.54. The molecule has 21 heavy (non-hydrogen) atoms. The fourth-order valence-corrected chi connectivity index (χ4v) is 3.95. The number of aliphatic hydroxyl groups excluding tert-OH is 1. The van der Waals surface area contributed by atoms with Gasteiger partial charge in [0.15, 0.2) is 0 Å². The molecule has 0 radical (unpaired) electrons. The second kappa shape index (κ2) is 5.93. The highest BCUT2D eigenvalue weighted by Crippen LogP contribution is 2.35. The lowest BCUT2D eigenvalue weighted by molar-refractivity contribution is 0.0126. The topological polar surface area (TPSA) is 58.6 Å². The number of amides is 1. The number of nitrogens with one attached hydrogen (secondary N) is 1. The molecule has 3 rings (SSSR count). The van der Waals surface area contributed by atoms with Crippen molar-refractivity contribution in [3.05, 3.63) is 34.2 Å². The fraction of sp³-hybridized carbons (Fsp3) is 0.400. The standard InChI is InChI=1S/C15H16ClNO3S/c16-12-10-3-1-2-4-11(10)21-13(12)14(19)17-15(9-18)5-7-20-8-6-15/h1-4,18H,5-9H2,(H,17,19). The van der Waals surface area contributed by atoms with Gasteiger partial charge < -0.3 is 15.2 Å². The molecule has 0 atom stereocenters. The third kappa shape index (κ3) is 2.79.